The number of hydrogen-bond donors (Lipinski definition) is 0. The molecule has 0 fully saturated rings. The third-order valence-corrected chi connectivity index (χ3v) is 3.19. The average molecular weight is 247 g/mol. The third kappa shape index (κ3) is 1.96. The second-order valence-corrected chi connectivity index (χ2v) is 4.49. The summed E-state index contributed by atoms with van der Waals surface area (Å²) in [6, 6.07) is 5.21. The highest BCUT2D eigenvalue weighted by Gasteiger charge is 2.20. The summed E-state index contributed by atoms with van der Waals surface area (Å²) in [4.78, 5) is 6.29. The fourth-order valence-corrected chi connectivity index (χ4v) is 2.40. The zero-order chi connectivity index (χ0) is 12.5. The number of fused-ring (bicyclic) bond motifs is 1. The van der Waals surface area contributed by atoms with Crippen LogP contribution in [0.1, 0.15) is 23.7 Å². The van der Waals surface area contributed by atoms with Crippen LogP contribution in [0, 0.1) is 12.7 Å². The first-order chi connectivity index (χ1) is 8.74. The molecule has 1 aromatic carbocycles. The summed E-state index contributed by atoms with van der Waals surface area (Å²) < 4.78 is 18.7. The smallest absolute Gasteiger partial charge is 0.223 e. The van der Waals surface area contributed by atoms with Gasteiger partial charge in [0.05, 0.1) is 6.54 Å². The van der Waals surface area contributed by atoms with Crippen LogP contribution in [0.25, 0.3) is 0 Å². The van der Waals surface area contributed by atoms with Gasteiger partial charge < -0.3 is 9.42 Å². The number of anilines is 1. The molecule has 1 aliphatic rings. The molecule has 0 aliphatic carbocycles. The van der Waals surface area contributed by atoms with Crippen molar-refractivity contribution in [2.75, 3.05) is 11.4 Å². The maximum Gasteiger partial charge on any atom is 0.223 e. The van der Waals surface area contributed by atoms with Gasteiger partial charge >= 0.3 is 0 Å². The van der Waals surface area contributed by atoms with Crippen LogP contribution in [0.4, 0.5) is 10.1 Å². The molecule has 0 spiro atoms. The monoisotopic (exact) mass is 247 g/mol. The van der Waals surface area contributed by atoms with Crippen LogP contribution in [0.3, 0.4) is 0 Å². The van der Waals surface area contributed by atoms with Crippen molar-refractivity contribution in [2.24, 2.45) is 0 Å². The fraction of sp³-hybridized carbons (Fsp3) is 0.385. The molecule has 0 atom stereocenters. The van der Waals surface area contributed by atoms with Crippen molar-refractivity contribution in [3.8, 4) is 0 Å². The van der Waals surface area contributed by atoms with Crippen molar-refractivity contribution in [1.29, 1.82) is 0 Å². The van der Waals surface area contributed by atoms with E-state index in [9.17, 15) is 4.39 Å². The lowest BCUT2D eigenvalue weighted by Gasteiger charge is -2.30. The number of hydrogen-bond acceptors (Lipinski definition) is 4. The van der Waals surface area contributed by atoms with E-state index >= 15 is 0 Å². The van der Waals surface area contributed by atoms with Crippen LogP contribution in [0.2, 0.25) is 0 Å². The number of halogens is 1. The number of benzene rings is 1. The van der Waals surface area contributed by atoms with Crippen molar-refractivity contribution in [3.05, 3.63) is 41.3 Å². The average Bonchev–Trinajstić information content (AvgIpc) is 2.76. The Hall–Kier alpha value is -1.91. The molecule has 4 nitrogen and oxygen atoms in total. The molecule has 1 aliphatic heterocycles. The summed E-state index contributed by atoms with van der Waals surface area (Å²) in [7, 11) is 0. The Kier molecular flexibility index (Phi) is 2.74. The Bertz CT molecular complexity index is 567. The van der Waals surface area contributed by atoms with E-state index in [4.69, 9.17) is 4.52 Å². The van der Waals surface area contributed by atoms with E-state index in [0.29, 0.717) is 18.3 Å². The Balaban J connectivity index is 1.89. The van der Waals surface area contributed by atoms with Crippen molar-refractivity contribution in [1.82, 2.24) is 10.1 Å². The van der Waals surface area contributed by atoms with Crippen molar-refractivity contribution in [3.63, 3.8) is 0 Å². The van der Waals surface area contributed by atoms with Gasteiger partial charge in [0, 0.05) is 24.7 Å². The molecule has 0 bridgehead atoms. The first-order valence-electron chi connectivity index (χ1n) is 6.05. The van der Waals surface area contributed by atoms with Gasteiger partial charge in [-0.05, 0) is 25.0 Å². The van der Waals surface area contributed by atoms with E-state index < -0.39 is 0 Å². The van der Waals surface area contributed by atoms with Gasteiger partial charge in [0.25, 0.3) is 0 Å². The van der Waals surface area contributed by atoms with Gasteiger partial charge in [0.1, 0.15) is 5.82 Å². The molecule has 0 radical (unpaired) electrons. The van der Waals surface area contributed by atoms with Gasteiger partial charge in [-0.3, -0.25) is 0 Å². The van der Waals surface area contributed by atoms with Gasteiger partial charge in [-0.1, -0.05) is 11.2 Å². The lowest BCUT2D eigenvalue weighted by molar-refractivity contribution is 0.386. The first kappa shape index (κ1) is 11.2. The van der Waals surface area contributed by atoms with Crippen molar-refractivity contribution >= 4 is 5.69 Å². The van der Waals surface area contributed by atoms with Gasteiger partial charge in [-0.2, -0.15) is 4.98 Å². The Morgan fingerprint density at radius 3 is 3.11 bits per heavy atom. The van der Waals surface area contributed by atoms with Crippen LogP contribution in [0.5, 0.6) is 0 Å². The molecule has 0 saturated carbocycles. The lowest BCUT2D eigenvalue weighted by Crippen LogP contribution is -2.29. The summed E-state index contributed by atoms with van der Waals surface area (Å²) in [5, 5.41) is 3.88. The van der Waals surface area contributed by atoms with E-state index in [0.717, 1.165) is 30.6 Å². The second kappa shape index (κ2) is 4.40. The van der Waals surface area contributed by atoms with Crippen LogP contribution in [-0.4, -0.2) is 16.7 Å². The topological polar surface area (TPSA) is 42.2 Å². The maximum atomic E-state index is 13.7. The van der Waals surface area contributed by atoms with E-state index in [1.807, 2.05) is 6.07 Å². The summed E-state index contributed by atoms with van der Waals surface area (Å²) in [5.74, 6) is 1.08. The number of aryl methyl sites for hydroxylation is 1. The van der Waals surface area contributed by atoms with Gasteiger partial charge in [-0.15, -0.1) is 0 Å². The normalized spacial score (nSPS) is 14.7. The minimum absolute atomic E-state index is 0.124. The van der Waals surface area contributed by atoms with Crippen molar-refractivity contribution < 1.29 is 8.91 Å². The highest BCUT2D eigenvalue weighted by molar-refractivity contribution is 5.55. The molecule has 18 heavy (non-hydrogen) atoms. The molecule has 0 unspecified atom stereocenters. The molecule has 2 aromatic rings. The number of nitrogens with zero attached hydrogens (tertiary/aromatic N) is 3. The molecule has 0 amide bonds. The van der Waals surface area contributed by atoms with E-state index in [2.05, 4.69) is 15.0 Å². The summed E-state index contributed by atoms with van der Waals surface area (Å²) in [5.41, 5.74) is 1.74. The molecule has 94 valence electrons. The van der Waals surface area contributed by atoms with E-state index in [-0.39, 0.29) is 5.82 Å². The van der Waals surface area contributed by atoms with Gasteiger partial charge in [0.2, 0.25) is 5.89 Å². The Morgan fingerprint density at radius 2 is 2.33 bits per heavy atom. The zero-order valence-electron chi connectivity index (χ0n) is 10.2. The Labute approximate surface area is 104 Å². The molecule has 5 heteroatoms. The van der Waals surface area contributed by atoms with Crippen LogP contribution >= 0.6 is 0 Å². The molecule has 3 rings (SSSR count). The second-order valence-electron chi connectivity index (χ2n) is 4.49. The zero-order valence-corrected chi connectivity index (χ0v) is 10.2. The predicted molar refractivity (Wildman–Crippen MR) is 64.8 cm³/mol. The van der Waals surface area contributed by atoms with Crippen LogP contribution in [0.15, 0.2) is 22.7 Å². The molecular formula is C13H14FN3O. The molecule has 0 saturated heterocycles. The molecular weight excluding hydrogens is 233 g/mol. The number of aromatic nitrogens is 2. The minimum atomic E-state index is -0.124. The minimum Gasteiger partial charge on any atom is -0.364 e. The Morgan fingerprint density at radius 1 is 1.44 bits per heavy atom. The SMILES string of the molecule is Cc1nc(CN2CCCc3c(F)cccc32)no1. The first-order valence-corrected chi connectivity index (χ1v) is 6.05. The summed E-state index contributed by atoms with van der Waals surface area (Å²) in [6.45, 7) is 3.22. The quantitative estimate of drug-likeness (QED) is 0.817. The van der Waals surface area contributed by atoms with Gasteiger partial charge in [-0.25, -0.2) is 4.39 Å². The van der Waals surface area contributed by atoms with Gasteiger partial charge in [0.15, 0.2) is 5.82 Å². The molecule has 1 aromatic heterocycles. The largest absolute Gasteiger partial charge is 0.364 e. The van der Waals surface area contributed by atoms with Crippen LogP contribution < -0.4 is 4.90 Å². The van der Waals surface area contributed by atoms with E-state index in [1.54, 1.807) is 13.0 Å². The summed E-state index contributed by atoms with van der Waals surface area (Å²) >= 11 is 0. The predicted octanol–water partition coefficient (Wildman–Crippen LogP) is 2.47. The highest BCUT2D eigenvalue weighted by atomic mass is 19.1. The van der Waals surface area contributed by atoms with Crippen molar-refractivity contribution in [2.45, 2.75) is 26.3 Å². The lowest BCUT2D eigenvalue weighted by atomic mass is 10.0. The maximum absolute atomic E-state index is 13.7. The molecule has 0 N–H and O–H groups in total. The van der Waals surface area contributed by atoms with E-state index in [1.165, 1.54) is 6.07 Å². The summed E-state index contributed by atoms with van der Waals surface area (Å²) in [6.07, 6.45) is 1.74. The fourth-order valence-electron chi connectivity index (χ4n) is 2.40. The highest BCUT2D eigenvalue weighted by Crippen LogP contribution is 2.29. The molecule has 2 heterocycles. The number of rotatable bonds is 2. The third-order valence-electron chi connectivity index (χ3n) is 3.19. The standard InChI is InChI=1S/C13H14FN3O/c1-9-15-13(16-18-9)8-17-7-3-4-10-11(14)5-2-6-12(10)17/h2,5-6H,3-4,7-8H2,1H3. The van der Waals surface area contributed by atoms with Crippen LogP contribution in [-0.2, 0) is 13.0 Å².